The summed E-state index contributed by atoms with van der Waals surface area (Å²) >= 11 is 0. The first-order valence-electron chi connectivity index (χ1n) is 12.6. The van der Waals surface area contributed by atoms with Crippen LogP contribution in [0.1, 0.15) is 40.9 Å². The van der Waals surface area contributed by atoms with Gasteiger partial charge < -0.3 is 15.0 Å². The van der Waals surface area contributed by atoms with Crippen LogP contribution in [0.4, 0.5) is 21.8 Å². The van der Waals surface area contributed by atoms with Crippen molar-refractivity contribution >= 4 is 29.5 Å². The van der Waals surface area contributed by atoms with Gasteiger partial charge >= 0.3 is 5.97 Å². The predicted octanol–water partition coefficient (Wildman–Crippen LogP) is 6.72. The highest BCUT2D eigenvalue weighted by Crippen LogP contribution is 2.36. The zero-order valence-corrected chi connectivity index (χ0v) is 21.6. The number of aryl methyl sites for hydroxylation is 1. The van der Waals surface area contributed by atoms with E-state index >= 15 is 0 Å². The van der Waals surface area contributed by atoms with E-state index in [1.54, 1.807) is 18.2 Å². The van der Waals surface area contributed by atoms with E-state index in [4.69, 9.17) is 9.72 Å². The van der Waals surface area contributed by atoms with E-state index < -0.39 is 5.97 Å². The van der Waals surface area contributed by atoms with Crippen molar-refractivity contribution in [3.05, 3.63) is 113 Å². The van der Waals surface area contributed by atoms with E-state index in [9.17, 15) is 9.18 Å². The molecule has 0 spiro atoms. The van der Waals surface area contributed by atoms with Crippen LogP contribution < -0.4 is 15.0 Å². The zero-order chi connectivity index (χ0) is 26.6. The highest BCUT2D eigenvalue weighted by Gasteiger charge is 2.27. The molecule has 1 aliphatic heterocycles. The Balaban J connectivity index is 1.33. The maximum Gasteiger partial charge on any atom is 0.336 e. The van der Waals surface area contributed by atoms with Crippen molar-refractivity contribution in [3.63, 3.8) is 0 Å². The second kappa shape index (κ2) is 10.8. The molecule has 0 amide bonds. The minimum atomic E-state index is -0.410. The second-order valence-electron chi connectivity index (χ2n) is 9.36. The van der Waals surface area contributed by atoms with E-state index in [1.165, 1.54) is 23.8 Å². The molecule has 0 saturated carbocycles. The number of nitrogens with one attached hydrogen (secondary N) is 1. The topological polar surface area (TPSA) is 67.3 Å². The van der Waals surface area contributed by atoms with Gasteiger partial charge in [-0.25, -0.2) is 14.2 Å². The van der Waals surface area contributed by atoms with Crippen LogP contribution in [0.25, 0.3) is 6.08 Å². The maximum absolute atomic E-state index is 13.3. The molecule has 4 aromatic rings. The van der Waals surface area contributed by atoms with Gasteiger partial charge in [0, 0.05) is 29.6 Å². The Hall–Kier alpha value is -4.52. The highest BCUT2D eigenvalue weighted by atomic mass is 19.1. The van der Waals surface area contributed by atoms with Gasteiger partial charge in [-0.05, 0) is 86.4 Å². The van der Waals surface area contributed by atoms with Gasteiger partial charge in [0.1, 0.15) is 17.4 Å². The van der Waals surface area contributed by atoms with Crippen molar-refractivity contribution in [2.75, 3.05) is 16.8 Å². The Bertz CT molecular complexity index is 1490. The third-order valence-electron chi connectivity index (χ3n) is 6.82. The van der Waals surface area contributed by atoms with Gasteiger partial charge in [0.2, 0.25) is 5.95 Å². The van der Waals surface area contributed by atoms with Crippen LogP contribution in [-0.2, 0) is 11.2 Å². The van der Waals surface area contributed by atoms with Crippen LogP contribution in [0, 0.1) is 19.7 Å². The lowest BCUT2D eigenvalue weighted by molar-refractivity contribution is -0.128. The summed E-state index contributed by atoms with van der Waals surface area (Å²) in [6.45, 7) is 6.90. The Labute approximate surface area is 221 Å². The van der Waals surface area contributed by atoms with Gasteiger partial charge in [0.25, 0.3) is 0 Å². The molecular formula is C31H29FN4O2. The van der Waals surface area contributed by atoms with E-state index in [-0.39, 0.29) is 11.9 Å². The minimum Gasteiger partial charge on any atom is -0.423 e. The third-order valence-corrected chi connectivity index (χ3v) is 6.82. The summed E-state index contributed by atoms with van der Waals surface area (Å²) in [6.07, 6.45) is 3.97. The summed E-state index contributed by atoms with van der Waals surface area (Å²) in [4.78, 5) is 24.0. The van der Waals surface area contributed by atoms with Crippen LogP contribution in [0.15, 0.2) is 78.9 Å². The fourth-order valence-corrected chi connectivity index (χ4v) is 4.65. The molecule has 1 atom stereocenters. The molecule has 0 bridgehead atoms. The number of nitrogens with zero attached hydrogens (tertiary/aromatic N) is 3. The molecule has 1 aliphatic rings. The summed E-state index contributed by atoms with van der Waals surface area (Å²) in [6, 6.07) is 21.6. The quantitative estimate of drug-likeness (QED) is 0.177. The number of esters is 1. The summed E-state index contributed by atoms with van der Waals surface area (Å²) < 4.78 is 18.9. The van der Waals surface area contributed by atoms with Crippen LogP contribution in [0.3, 0.4) is 0 Å². The average molecular weight is 509 g/mol. The van der Waals surface area contributed by atoms with Crippen molar-refractivity contribution in [1.29, 1.82) is 0 Å². The molecule has 6 nitrogen and oxygen atoms in total. The normalized spacial score (nSPS) is 14.8. The Morgan fingerprint density at radius 1 is 1.05 bits per heavy atom. The molecule has 5 rings (SSSR count). The molecule has 0 radical (unpaired) electrons. The zero-order valence-electron chi connectivity index (χ0n) is 21.6. The van der Waals surface area contributed by atoms with E-state index in [0.717, 1.165) is 46.9 Å². The molecular weight excluding hydrogens is 479 g/mol. The highest BCUT2D eigenvalue weighted by molar-refractivity contribution is 5.88. The number of anilines is 3. The van der Waals surface area contributed by atoms with Crippen LogP contribution >= 0.6 is 0 Å². The lowest BCUT2D eigenvalue weighted by Gasteiger charge is -2.37. The molecule has 38 heavy (non-hydrogen) atoms. The summed E-state index contributed by atoms with van der Waals surface area (Å²) in [5.41, 5.74) is 5.87. The summed E-state index contributed by atoms with van der Waals surface area (Å²) in [5.74, 6) is 1.17. The number of fused-ring (bicyclic) bond motifs is 1. The number of ether oxygens (including phenoxy) is 1. The van der Waals surface area contributed by atoms with Crippen molar-refractivity contribution in [2.24, 2.45) is 0 Å². The van der Waals surface area contributed by atoms with Crippen LogP contribution in [0.5, 0.6) is 5.75 Å². The van der Waals surface area contributed by atoms with E-state index in [0.29, 0.717) is 11.7 Å². The molecule has 0 fully saturated rings. The first-order chi connectivity index (χ1) is 18.4. The molecule has 2 heterocycles. The van der Waals surface area contributed by atoms with Crippen molar-refractivity contribution in [3.8, 4) is 5.75 Å². The summed E-state index contributed by atoms with van der Waals surface area (Å²) in [5, 5.41) is 3.19. The Morgan fingerprint density at radius 3 is 2.58 bits per heavy atom. The van der Waals surface area contributed by atoms with E-state index in [1.807, 2.05) is 62.4 Å². The number of aromatic nitrogens is 2. The smallest absolute Gasteiger partial charge is 0.336 e. The minimum absolute atomic E-state index is 0.0631. The van der Waals surface area contributed by atoms with Crippen molar-refractivity contribution in [2.45, 2.75) is 33.2 Å². The number of halogens is 1. The summed E-state index contributed by atoms with van der Waals surface area (Å²) in [7, 11) is 0. The standard InChI is InChI=1S/C31H29FN4O2/c1-20-21(2)33-31(34-26-12-10-25(32)11-13-26)35-30(20)36-18-17-24-19-27(14-15-28(24)22(36)3)38-29(37)16-9-23-7-5-4-6-8-23/h4-16,19,22H,17-18H2,1-3H3,(H,33,34,35). The molecule has 192 valence electrons. The average Bonchev–Trinajstić information content (AvgIpc) is 2.92. The molecule has 3 aromatic carbocycles. The number of hydrogen-bond donors (Lipinski definition) is 1. The maximum atomic E-state index is 13.3. The molecule has 0 aliphatic carbocycles. The molecule has 0 saturated heterocycles. The van der Waals surface area contributed by atoms with Gasteiger partial charge in [0.05, 0.1) is 6.04 Å². The third kappa shape index (κ3) is 5.57. The second-order valence-corrected chi connectivity index (χ2v) is 9.36. The van der Waals surface area contributed by atoms with Crippen molar-refractivity contribution < 1.29 is 13.9 Å². The molecule has 1 N–H and O–H groups in total. The largest absolute Gasteiger partial charge is 0.423 e. The van der Waals surface area contributed by atoms with Gasteiger partial charge in [-0.3, -0.25) is 0 Å². The van der Waals surface area contributed by atoms with Gasteiger partial charge in [-0.1, -0.05) is 36.4 Å². The number of benzene rings is 3. The Kier molecular flexibility index (Phi) is 7.18. The lowest BCUT2D eigenvalue weighted by Crippen LogP contribution is -2.35. The lowest BCUT2D eigenvalue weighted by atomic mass is 9.93. The molecule has 1 aromatic heterocycles. The monoisotopic (exact) mass is 508 g/mol. The SMILES string of the molecule is Cc1nc(Nc2ccc(F)cc2)nc(N2CCc3cc(OC(=O)C=Cc4ccccc4)ccc3C2C)c1C. The van der Waals surface area contributed by atoms with Gasteiger partial charge in [-0.2, -0.15) is 4.98 Å². The number of rotatable bonds is 6. The van der Waals surface area contributed by atoms with Gasteiger partial charge in [-0.15, -0.1) is 0 Å². The first-order valence-corrected chi connectivity index (χ1v) is 12.6. The first kappa shape index (κ1) is 25.1. The van der Waals surface area contributed by atoms with Crippen LogP contribution in [0.2, 0.25) is 0 Å². The van der Waals surface area contributed by atoms with Gasteiger partial charge in [0.15, 0.2) is 0 Å². The molecule has 7 heteroatoms. The fraction of sp³-hybridized carbons (Fsp3) is 0.194. The number of carbonyl (C=O) groups is 1. The number of hydrogen-bond acceptors (Lipinski definition) is 6. The predicted molar refractivity (Wildman–Crippen MR) is 148 cm³/mol. The molecule has 1 unspecified atom stereocenters. The fourth-order valence-electron chi connectivity index (χ4n) is 4.65. The van der Waals surface area contributed by atoms with Crippen molar-refractivity contribution in [1.82, 2.24) is 9.97 Å². The van der Waals surface area contributed by atoms with E-state index in [2.05, 4.69) is 22.1 Å². The number of carbonyl (C=O) groups excluding carboxylic acids is 1. The Morgan fingerprint density at radius 2 is 1.82 bits per heavy atom. The van der Waals surface area contributed by atoms with Crippen LogP contribution in [-0.4, -0.2) is 22.5 Å².